The van der Waals surface area contributed by atoms with Gasteiger partial charge in [-0.25, -0.2) is 0 Å². The van der Waals surface area contributed by atoms with Gasteiger partial charge in [0.15, 0.2) is 5.96 Å². The molecule has 1 fully saturated rings. The lowest BCUT2D eigenvalue weighted by Crippen LogP contribution is -2.45. The van der Waals surface area contributed by atoms with E-state index in [1.165, 1.54) is 5.56 Å². The van der Waals surface area contributed by atoms with Crippen molar-refractivity contribution in [2.24, 2.45) is 16.8 Å². The third-order valence-electron chi connectivity index (χ3n) is 5.04. The SMILES string of the molecule is CCNC(=NCC(c1cccnc1)C(C)C)NC1CCN(C(=O)C(C)C)C1.I. The van der Waals surface area contributed by atoms with Gasteiger partial charge in [-0.1, -0.05) is 33.8 Å². The lowest BCUT2D eigenvalue weighted by Gasteiger charge is -2.22. The van der Waals surface area contributed by atoms with Crippen molar-refractivity contribution in [2.45, 2.75) is 53.0 Å². The Bertz CT molecular complexity index is 620. The first-order valence-corrected chi connectivity index (χ1v) is 10.2. The van der Waals surface area contributed by atoms with Crippen LogP contribution in [0.25, 0.3) is 0 Å². The van der Waals surface area contributed by atoms with Crippen LogP contribution in [0.1, 0.15) is 52.5 Å². The maximum Gasteiger partial charge on any atom is 0.225 e. The number of hydrogen-bond acceptors (Lipinski definition) is 3. The van der Waals surface area contributed by atoms with Crippen molar-refractivity contribution in [2.75, 3.05) is 26.2 Å². The van der Waals surface area contributed by atoms with E-state index in [0.717, 1.165) is 32.0 Å². The van der Waals surface area contributed by atoms with Crippen LogP contribution in [0, 0.1) is 11.8 Å². The fourth-order valence-electron chi connectivity index (χ4n) is 3.44. The van der Waals surface area contributed by atoms with Gasteiger partial charge in [-0.15, -0.1) is 24.0 Å². The molecule has 0 bridgehead atoms. The van der Waals surface area contributed by atoms with Crippen LogP contribution >= 0.6 is 24.0 Å². The molecule has 1 aromatic rings. The number of aromatic nitrogens is 1. The van der Waals surface area contributed by atoms with Crippen LogP contribution < -0.4 is 10.6 Å². The highest BCUT2D eigenvalue weighted by Gasteiger charge is 2.28. The molecule has 1 saturated heterocycles. The zero-order valence-corrected chi connectivity index (χ0v) is 20.1. The fourth-order valence-corrected chi connectivity index (χ4v) is 3.44. The molecule has 2 atom stereocenters. The molecule has 1 aliphatic heterocycles. The summed E-state index contributed by atoms with van der Waals surface area (Å²) in [6, 6.07) is 4.36. The van der Waals surface area contributed by atoms with E-state index in [9.17, 15) is 4.79 Å². The minimum atomic E-state index is 0. The normalized spacial score (nSPS) is 18.2. The van der Waals surface area contributed by atoms with Crippen molar-refractivity contribution in [3.63, 3.8) is 0 Å². The van der Waals surface area contributed by atoms with Gasteiger partial charge >= 0.3 is 0 Å². The predicted molar refractivity (Wildman–Crippen MR) is 126 cm³/mol. The summed E-state index contributed by atoms with van der Waals surface area (Å²) in [6.45, 7) is 13.5. The summed E-state index contributed by atoms with van der Waals surface area (Å²) < 4.78 is 0. The molecular formula is C21H36IN5O. The summed E-state index contributed by atoms with van der Waals surface area (Å²) in [5, 5.41) is 6.86. The van der Waals surface area contributed by atoms with E-state index >= 15 is 0 Å². The van der Waals surface area contributed by atoms with Crippen LogP contribution in [0.5, 0.6) is 0 Å². The van der Waals surface area contributed by atoms with Crippen molar-refractivity contribution in [3.8, 4) is 0 Å². The number of carbonyl (C=O) groups is 1. The molecule has 0 saturated carbocycles. The molecule has 0 aliphatic carbocycles. The number of pyridine rings is 1. The fraction of sp³-hybridized carbons (Fsp3) is 0.667. The minimum absolute atomic E-state index is 0. The maximum absolute atomic E-state index is 12.2. The van der Waals surface area contributed by atoms with Crippen LogP contribution in [0.2, 0.25) is 0 Å². The molecule has 1 amide bonds. The molecule has 158 valence electrons. The molecule has 2 N–H and O–H groups in total. The first-order valence-electron chi connectivity index (χ1n) is 10.2. The summed E-state index contributed by atoms with van der Waals surface area (Å²) in [7, 11) is 0. The van der Waals surface area contributed by atoms with Crippen molar-refractivity contribution in [3.05, 3.63) is 30.1 Å². The second-order valence-electron chi connectivity index (χ2n) is 7.93. The number of guanidine groups is 1. The van der Waals surface area contributed by atoms with E-state index < -0.39 is 0 Å². The molecule has 1 aliphatic rings. The van der Waals surface area contributed by atoms with E-state index in [4.69, 9.17) is 4.99 Å². The molecule has 6 nitrogen and oxygen atoms in total. The number of nitrogens with zero attached hydrogens (tertiary/aromatic N) is 3. The predicted octanol–water partition coefficient (Wildman–Crippen LogP) is 3.25. The van der Waals surface area contributed by atoms with Crippen molar-refractivity contribution in [1.29, 1.82) is 0 Å². The third kappa shape index (κ3) is 7.22. The van der Waals surface area contributed by atoms with Gasteiger partial charge in [-0.2, -0.15) is 0 Å². The van der Waals surface area contributed by atoms with Crippen LogP contribution in [0.15, 0.2) is 29.5 Å². The first-order chi connectivity index (χ1) is 12.9. The number of nitrogens with one attached hydrogen (secondary N) is 2. The summed E-state index contributed by atoms with van der Waals surface area (Å²) in [4.78, 5) is 23.3. The lowest BCUT2D eigenvalue weighted by atomic mass is 9.89. The van der Waals surface area contributed by atoms with E-state index in [-0.39, 0.29) is 41.8 Å². The van der Waals surface area contributed by atoms with Gasteiger partial charge in [-0.05, 0) is 30.9 Å². The number of aliphatic imine (C=N–C) groups is 1. The summed E-state index contributed by atoms with van der Waals surface area (Å²) in [6.07, 6.45) is 4.70. The Morgan fingerprint density at radius 3 is 2.68 bits per heavy atom. The summed E-state index contributed by atoms with van der Waals surface area (Å²) in [5.74, 6) is 1.92. The van der Waals surface area contributed by atoms with Gasteiger partial charge in [0.25, 0.3) is 0 Å². The second-order valence-corrected chi connectivity index (χ2v) is 7.93. The number of halogens is 1. The zero-order valence-electron chi connectivity index (χ0n) is 17.8. The van der Waals surface area contributed by atoms with Gasteiger partial charge in [0.2, 0.25) is 5.91 Å². The highest BCUT2D eigenvalue weighted by molar-refractivity contribution is 14.0. The zero-order chi connectivity index (χ0) is 19.8. The van der Waals surface area contributed by atoms with E-state index in [1.807, 2.05) is 31.0 Å². The second kappa shape index (κ2) is 12.2. The van der Waals surface area contributed by atoms with Gasteiger partial charge in [0, 0.05) is 56.5 Å². The molecule has 28 heavy (non-hydrogen) atoms. The maximum atomic E-state index is 12.2. The Balaban J connectivity index is 0.00000392. The number of likely N-dealkylation sites (tertiary alicyclic amines) is 1. The van der Waals surface area contributed by atoms with Gasteiger partial charge in [0.1, 0.15) is 0 Å². The van der Waals surface area contributed by atoms with Crippen molar-refractivity contribution >= 4 is 35.8 Å². The van der Waals surface area contributed by atoms with Gasteiger partial charge in [0.05, 0.1) is 0 Å². The molecule has 2 rings (SSSR count). The Hall–Kier alpha value is -1.38. The standard InChI is InChI=1S/C21H35N5O.HI/c1-6-23-21(25-18-9-11-26(14-18)20(27)16(4)5)24-13-19(15(2)3)17-8-7-10-22-12-17;/h7-8,10,12,15-16,18-19H,6,9,11,13-14H2,1-5H3,(H2,23,24,25);1H. The summed E-state index contributed by atoms with van der Waals surface area (Å²) >= 11 is 0. The van der Waals surface area contributed by atoms with Crippen LogP contribution in [0.4, 0.5) is 0 Å². The number of hydrogen-bond donors (Lipinski definition) is 2. The molecule has 0 spiro atoms. The average molecular weight is 501 g/mol. The lowest BCUT2D eigenvalue weighted by molar-refractivity contribution is -0.133. The Morgan fingerprint density at radius 2 is 2.11 bits per heavy atom. The Labute approximate surface area is 187 Å². The minimum Gasteiger partial charge on any atom is -0.357 e. The van der Waals surface area contributed by atoms with Crippen LogP contribution in [-0.4, -0.2) is 54.0 Å². The van der Waals surface area contributed by atoms with Crippen LogP contribution in [-0.2, 0) is 4.79 Å². The quantitative estimate of drug-likeness (QED) is 0.342. The molecule has 2 heterocycles. The number of rotatable bonds is 7. The Morgan fingerprint density at radius 1 is 1.36 bits per heavy atom. The highest BCUT2D eigenvalue weighted by Crippen LogP contribution is 2.24. The van der Waals surface area contributed by atoms with E-state index in [1.54, 1.807) is 6.20 Å². The van der Waals surface area contributed by atoms with Gasteiger partial charge < -0.3 is 15.5 Å². The van der Waals surface area contributed by atoms with E-state index in [0.29, 0.717) is 18.4 Å². The molecule has 0 radical (unpaired) electrons. The third-order valence-corrected chi connectivity index (χ3v) is 5.04. The molecule has 2 unspecified atom stereocenters. The first kappa shape index (κ1) is 24.7. The monoisotopic (exact) mass is 501 g/mol. The topological polar surface area (TPSA) is 69.6 Å². The summed E-state index contributed by atoms with van der Waals surface area (Å²) in [5.41, 5.74) is 1.22. The van der Waals surface area contributed by atoms with Gasteiger partial charge in [-0.3, -0.25) is 14.8 Å². The highest BCUT2D eigenvalue weighted by atomic mass is 127. The van der Waals surface area contributed by atoms with Crippen molar-refractivity contribution in [1.82, 2.24) is 20.5 Å². The average Bonchev–Trinajstić information content (AvgIpc) is 3.10. The van der Waals surface area contributed by atoms with E-state index in [2.05, 4.69) is 42.5 Å². The molecular weight excluding hydrogens is 465 g/mol. The molecule has 0 aromatic carbocycles. The van der Waals surface area contributed by atoms with Crippen LogP contribution in [0.3, 0.4) is 0 Å². The Kier molecular flexibility index (Phi) is 10.8. The smallest absolute Gasteiger partial charge is 0.225 e. The molecule has 7 heteroatoms. The largest absolute Gasteiger partial charge is 0.357 e. The molecule has 1 aromatic heterocycles. The number of carbonyl (C=O) groups excluding carboxylic acids is 1. The van der Waals surface area contributed by atoms with Crippen molar-refractivity contribution < 1.29 is 4.79 Å². The number of amides is 1.